The molecule has 18 heteroatoms. The monoisotopic (exact) mass is 366 g/mol. The standard InChI is InChI=1S/6Na.3O3Si/c;;;;;;3*1-4(2)3/q6*+1;3*-2. The van der Waals surface area contributed by atoms with Crippen LogP contribution in [0.25, 0.3) is 0 Å². The third kappa shape index (κ3) is 349. The molecule has 0 aromatic carbocycles. The van der Waals surface area contributed by atoms with Gasteiger partial charge in [0.2, 0.25) is 0 Å². The van der Waals surface area contributed by atoms with Crippen LogP contribution >= 0.6 is 0 Å². The van der Waals surface area contributed by atoms with Crippen molar-refractivity contribution in [2.75, 3.05) is 0 Å². The Kier molecular flexibility index (Phi) is 156. The molecule has 0 saturated heterocycles. The van der Waals surface area contributed by atoms with Crippen molar-refractivity contribution in [3.8, 4) is 0 Å². The maximum absolute atomic E-state index is 8.52. The van der Waals surface area contributed by atoms with Crippen molar-refractivity contribution < 1.29 is 220 Å². The number of hydrogen-bond acceptors (Lipinski definition) is 9. The molecule has 0 atom stereocenters. The molecular formula is Na6O9Si3. The third-order valence-corrected chi connectivity index (χ3v) is 0. The molecule has 0 unspecified atom stereocenters. The molecule has 0 aliphatic rings. The van der Waals surface area contributed by atoms with Crippen molar-refractivity contribution in [3.63, 3.8) is 0 Å². The van der Waals surface area contributed by atoms with Gasteiger partial charge in [-0.15, -0.1) is 0 Å². The molecule has 0 rings (SSSR count). The van der Waals surface area contributed by atoms with E-state index < -0.39 is 27.5 Å². The van der Waals surface area contributed by atoms with Gasteiger partial charge < -0.3 is 42.2 Å². The summed E-state index contributed by atoms with van der Waals surface area (Å²) in [6, 6.07) is 0. The summed E-state index contributed by atoms with van der Waals surface area (Å²) in [5, 5.41) is 0. The van der Waals surface area contributed by atoms with Crippen molar-refractivity contribution in [3.05, 3.63) is 0 Å². The van der Waals surface area contributed by atoms with Gasteiger partial charge in [0.05, 0.1) is 0 Å². The minimum absolute atomic E-state index is 0. The van der Waals surface area contributed by atoms with E-state index in [4.69, 9.17) is 42.2 Å². The van der Waals surface area contributed by atoms with Gasteiger partial charge in [-0.25, -0.2) is 0 Å². The second-order valence-corrected chi connectivity index (χ2v) is 2.25. The van der Waals surface area contributed by atoms with Gasteiger partial charge in [0.15, 0.2) is 0 Å². The largest absolute Gasteiger partial charge is 1.00 e. The zero-order valence-corrected chi connectivity index (χ0v) is 26.2. The van der Waals surface area contributed by atoms with E-state index in [2.05, 4.69) is 0 Å². The summed E-state index contributed by atoms with van der Waals surface area (Å²) < 4.78 is 25.6. The summed E-state index contributed by atoms with van der Waals surface area (Å²) in [7, 11) is -10.9. The predicted octanol–water partition coefficient (Wildman–Crippen LogP) is -26.6. The van der Waals surface area contributed by atoms with Crippen LogP contribution in [0.4, 0.5) is 0 Å². The van der Waals surface area contributed by atoms with Gasteiger partial charge in [-0.05, 0) is 0 Å². The Labute approximate surface area is 241 Å². The first kappa shape index (κ1) is 56.9. The Morgan fingerprint density at radius 1 is 0.389 bits per heavy atom. The van der Waals surface area contributed by atoms with E-state index in [1.165, 1.54) is 0 Å². The number of hydrogen-bond donors (Lipinski definition) is 0. The third-order valence-electron chi connectivity index (χ3n) is 0. The van der Waals surface area contributed by atoms with E-state index in [-0.39, 0.29) is 177 Å². The van der Waals surface area contributed by atoms with Crippen molar-refractivity contribution in [1.82, 2.24) is 0 Å². The Morgan fingerprint density at radius 2 is 0.389 bits per heavy atom. The first-order chi connectivity index (χ1) is 5.20. The molecule has 0 fully saturated rings. The molecule has 0 aromatic rings. The summed E-state index contributed by atoms with van der Waals surface area (Å²) in [6.45, 7) is 0. The quantitative estimate of drug-likeness (QED) is 0.375. The Balaban J connectivity index is -0.00000000827. The van der Waals surface area contributed by atoms with Gasteiger partial charge in [0.1, 0.15) is 0 Å². The first-order valence-electron chi connectivity index (χ1n) is 1.84. The molecule has 18 heavy (non-hydrogen) atoms. The SMILES string of the molecule is O=[Si]([O-])[O-].O=[Si]([O-])[O-].O=[Si]([O-])[O-].[Na+].[Na+].[Na+].[Na+].[Na+].[Na+]. The van der Waals surface area contributed by atoms with E-state index in [1.54, 1.807) is 0 Å². The molecule has 0 heterocycles. The molecule has 0 aromatic heterocycles. The molecule has 72 valence electrons. The minimum atomic E-state index is -3.63. The summed E-state index contributed by atoms with van der Waals surface area (Å²) in [5.41, 5.74) is 0. The maximum atomic E-state index is 8.52. The summed E-state index contributed by atoms with van der Waals surface area (Å²) in [6.07, 6.45) is 0. The molecular weight excluding hydrogens is 366 g/mol. The second kappa shape index (κ2) is 49.5. The van der Waals surface area contributed by atoms with Gasteiger partial charge >= 0.3 is 177 Å². The van der Waals surface area contributed by atoms with Crippen LogP contribution in [-0.2, 0) is 13.4 Å². The maximum Gasteiger partial charge on any atom is 1.00 e. The zero-order chi connectivity index (χ0) is 10.7. The summed E-state index contributed by atoms with van der Waals surface area (Å²) >= 11 is 0. The molecule has 0 N–H and O–H groups in total. The molecule has 0 amide bonds. The van der Waals surface area contributed by atoms with Gasteiger partial charge in [-0.2, -0.15) is 0 Å². The summed E-state index contributed by atoms with van der Waals surface area (Å²) in [5.74, 6) is 0. The Bertz CT molecular complexity index is 124. The number of rotatable bonds is 0. The van der Waals surface area contributed by atoms with Crippen molar-refractivity contribution >= 4 is 27.5 Å². The van der Waals surface area contributed by atoms with Gasteiger partial charge in [-0.3, -0.25) is 0 Å². The topological polar surface area (TPSA) is 190 Å². The van der Waals surface area contributed by atoms with Crippen LogP contribution in [-0.4, -0.2) is 27.5 Å². The van der Waals surface area contributed by atoms with E-state index in [9.17, 15) is 0 Å². The van der Waals surface area contributed by atoms with Crippen LogP contribution in [0.3, 0.4) is 0 Å². The fourth-order valence-electron chi connectivity index (χ4n) is 0. The van der Waals surface area contributed by atoms with E-state index >= 15 is 0 Å². The zero-order valence-electron chi connectivity index (χ0n) is 11.2. The molecule has 0 radical (unpaired) electrons. The van der Waals surface area contributed by atoms with Crippen LogP contribution in [0.1, 0.15) is 0 Å². The van der Waals surface area contributed by atoms with Crippen LogP contribution in [0.5, 0.6) is 0 Å². The van der Waals surface area contributed by atoms with Gasteiger partial charge in [0, 0.05) is 27.5 Å². The van der Waals surface area contributed by atoms with Crippen molar-refractivity contribution in [2.24, 2.45) is 0 Å². The van der Waals surface area contributed by atoms with Gasteiger partial charge in [-0.1, -0.05) is 0 Å². The Morgan fingerprint density at radius 3 is 0.389 bits per heavy atom. The molecule has 0 spiro atoms. The smallest absolute Gasteiger partial charge is 0.672 e. The van der Waals surface area contributed by atoms with Gasteiger partial charge in [0.25, 0.3) is 0 Å². The average molecular weight is 366 g/mol. The van der Waals surface area contributed by atoms with E-state index in [0.29, 0.717) is 0 Å². The van der Waals surface area contributed by atoms with Crippen LogP contribution in [0.2, 0.25) is 0 Å². The molecule has 0 bridgehead atoms. The normalized spacial score (nSPS) is 4.00. The fourth-order valence-corrected chi connectivity index (χ4v) is 0. The van der Waals surface area contributed by atoms with Crippen LogP contribution < -0.4 is 206 Å². The molecule has 0 aliphatic heterocycles. The van der Waals surface area contributed by atoms with Crippen molar-refractivity contribution in [1.29, 1.82) is 0 Å². The molecule has 9 nitrogen and oxygen atoms in total. The Hall–Kier alpha value is 4.85. The van der Waals surface area contributed by atoms with Crippen molar-refractivity contribution in [2.45, 2.75) is 0 Å². The van der Waals surface area contributed by atoms with E-state index in [1.807, 2.05) is 0 Å². The van der Waals surface area contributed by atoms with Crippen LogP contribution in [0, 0.1) is 0 Å². The molecule has 0 aliphatic carbocycles. The first-order valence-corrected chi connectivity index (χ1v) is 5.51. The average Bonchev–Trinajstić information content (AvgIpc) is 1.54. The fraction of sp³-hybridized carbons (Fsp3) is 0. The second-order valence-electron chi connectivity index (χ2n) is 0.750. The van der Waals surface area contributed by atoms with E-state index in [0.717, 1.165) is 0 Å². The van der Waals surface area contributed by atoms with Crippen LogP contribution in [0.15, 0.2) is 0 Å². The minimum Gasteiger partial charge on any atom is -0.672 e. The molecule has 0 saturated carbocycles. The summed E-state index contributed by atoms with van der Waals surface area (Å²) in [4.78, 5) is 51.1. The predicted molar refractivity (Wildman–Crippen MR) is 19.3 cm³/mol.